The maximum atomic E-state index is 11.5. The fraction of sp³-hybridized carbons (Fsp3) is 0.500. The van der Waals surface area contributed by atoms with E-state index < -0.39 is 5.97 Å². The average Bonchev–Trinajstić information content (AvgIpc) is 3.02. The molecule has 2 aromatic rings. The summed E-state index contributed by atoms with van der Waals surface area (Å²) in [6.45, 7) is 4.11. The maximum absolute atomic E-state index is 11.5. The summed E-state index contributed by atoms with van der Waals surface area (Å²) >= 11 is 0. The van der Waals surface area contributed by atoms with Crippen molar-refractivity contribution in [2.75, 3.05) is 0 Å². The first-order chi connectivity index (χ1) is 9.60. The van der Waals surface area contributed by atoms with E-state index in [0.717, 1.165) is 35.9 Å². The van der Waals surface area contributed by atoms with Crippen LogP contribution in [0.4, 0.5) is 0 Å². The zero-order valence-electron chi connectivity index (χ0n) is 11.8. The van der Waals surface area contributed by atoms with E-state index in [2.05, 4.69) is 11.9 Å². The van der Waals surface area contributed by atoms with E-state index >= 15 is 0 Å². The van der Waals surface area contributed by atoms with Crippen molar-refractivity contribution in [1.29, 1.82) is 0 Å². The highest BCUT2D eigenvalue weighted by Crippen LogP contribution is 2.44. The molecule has 1 saturated carbocycles. The van der Waals surface area contributed by atoms with Crippen molar-refractivity contribution in [3.63, 3.8) is 0 Å². The fourth-order valence-corrected chi connectivity index (χ4v) is 3.28. The van der Waals surface area contributed by atoms with Gasteiger partial charge in [0.25, 0.3) is 0 Å². The molecule has 0 saturated heterocycles. The molecule has 0 spiro atoms. The number of aryl methyl sites for hydroxylation is 1. The minimum Gasteiger partial charge on any atom is -0.481 e. The summed E-state index contributed by atoms with van der Waals surface area (Å²) in [5, 5.41) is 9.42. The smallest absolute Gasteiger partial charge is 0.307 e. The van der Waals surface area contributed by atoms with Crippen LogP contribution >= 0.6 is 0 Å². The summed E-state index contributed by atoms with van der Waals surface area (Å²) < 4.78 is 5.83. The Morgan fingerprint density at radius 1 is 1.45 bits per heavy atom. The average molecular weight is 273 g/mol. The third-order valence-corrected chi connectivity index (χ3v) is 4.51. The van der Waals surface area contributed by atoms with Crippen molar-refractivity contribution in [3.8, 4) is 0 Å². The summed E-state index contributed by atoms with van der Waals surface area (Å²) in [6, 6.07) is 5.82. The number of carboxylic acids is 1. The zero-order chi connectivity index (χ0) is 14.3. The molecule has 3 rings (SSSR count). The Bertz CT molecular complexity index is 646. The lowest BCUT2D eigenvalue weighted by atomic mass is 9.96. The maximum Gasteiger partial charge on any atom is 0.307 e. The van der Waals surface area contributed by atoms with Crippen molar-refractivity contribution in [1.82, 2.24) is 4.98 Å². The molecular weight excluding hydrogens is 254 g/mol. The van der Waals surface area contributed by atoms with Gasteiger partial charge >= 0.3 is 5.97 Å². The first-order valence-corrected chi connectivity index (χ1v) is 7.19. The largest absolute Gasteiger partial charge is 0.481 e. The van der Waals surface area contributed by atoms with Crippen LogP contribution in [0.1, 0.15) is 43.6 Å². The van der Waals surface area contributed by atoms with E-state index in [1.165, 1.54) is 0 Å². The highest BCUT2D eigenvalue weighted by Gasteiger charge is 2.41. The molecule has 1 heterocycles. The van der Waals surface area contributed by atoms with Crippen LogP contribution in [0.3, 0.4) is 0 Å². The van der Waals surface area contributed by atoms with Crippen LogP contribution in [0.2, 0.25) is 0 Å². The predicted molar refractivity (Wildman–Crippen MR) is 75.6 cm³/mol. The Kier molecular flexibility index (Phi) is 3.24. The van der Waals surface area contributed by atoms with Gasteiger partial charge in [0.1, 0.15) is 5.52 Å². The number of oxazole rings is 1. The van der Waals surface area contributed by atoms with Crippen molar-refractivity contribution in [2.24, 2.45) is 11.8 Å². The molecule has 0 radical (unpaired) electrons. The van der Waals surface area contributed by atoms with E-state index in [-0.39, 0.29) is 11.8 Å². The topological polar surface area (TPSA) is 63.3 Å². The van der Waals surface area contributed by atoms with Crippen LogP contribution in [0.5, 0.6) is 0 Å². The summed E-state index contributed by atoms with van der Waals surface area (Å²) in [4.78, 5) is 16.0. The lowest BCUT2D eigenvalue weighted by Gasteiger charge is -2.10. The van der Waals surface area contributed by atoms with Crippen LogP contribution < -0.4 is 0 Å². The molecule has 1 aromatic carbocycles. The molecule has 20 heavy (non-hydrogen) atoms. The van der Waals surface area contributed by atoms with Gasteiger partial charge in [-0.2, -0.15) is 0 Å². The van der Waals surface area contributed by atoms with Gasteiger partial charge in [0.05, 0.1) is 5.92 Å². The molecule has 0 bridgehead atoms. The number of benzene rings is 1. The van der Waals surface area contributed by atoms with Gasteiger partial charge in [0, 0.05) is 5.92 Å². The third-order valence-electron chi connectivity index (χ3n) is 4.51. The van der Waals surface area contributed by atoms with Crippen molar-refractivity contribution in [2.45, 2.75) is 39.0 Å². The molecule has 1 aromatic heterocycles. The number of fused-ring (bicyclic) bond motifs is 1. The molecule has 0 amide bonds. The van der Waals surface area contributed by atoms with Crippen molar-refractivity contribution < 1.29 is 14.3 Å². The molecule has 1 N–H and O–H groups in total. The Balaban J connectivity index is 2.00. The number of nitrogens with zero attached hydrogens (tertiary/aromatic N) is 1. The summed E-state index contributed by atoms with van der Waals surface area (Å²) in [6.07, 6.45) is 2.60. The highest BCUT2D eigenvalue weighted by molar-refractivity contribution is 5.77. The predicted octanol–water partition coefficient (Wildman–Crippen LogP) is 3.74. The SMILES string of the molecule is CCC1CC(C(=O)O)C(c2nc3c(C)cccc3o2)C1. The minimum absolute atomic E-state index is 0.0933. The molecule has 1 aliphatic rings. The number of hydrogen-bond acceptors (Lipinski definition) is 3. The Hall–Kier alpha value is -1.84. The molecular formula is C16H19NO3. The van der Waals surface area contributed by atoms with Crippen molar-refractivity contribution in [3.05, 3.63) is 29.7 Å². The molecule has 3 atom stereocenters. The molecule has 4 heteroatoms. The number of hydrogen-bond donors (Lipinski definition) is 1. The molecule has 1 aliphatic carbocycles. The van der Waals surface area contributed by atoms with Gasteiger partial charge in [-0.1, -0.05) is 25.5 Å². The zero-order valence-corrected chi connectivity index (χ0v) is 11.8. The lowest BCUT2D eigenvalue weighted by Crippen LogP contribution is -2.17. The quantitative estimate of drug-likeness (QED) is 0.925. The van der Waals surface area contributed by atoms with E-state index in [9.17, 15) is 9.90 Å². The number of aliphatic carboxylic acids is 1. The number of carboxylic acid groups (broad SMARTS) is 1. The molecule has 106 valence electrons. The Labute approximate surface area is 117 Å². The molecule has 3 unspecified atom stereocenters. The van der Waals surface area contributed by atoms with Crippen molar-refractivity contribution >= 4 is 17.1 Å². The van der Waals surface area contributed by atoms with Crippen LogP contribution in [0, 0.1) is 18.8 Å². The summed E-state index contributed by atoms with van der Waals surface area (Å²) in [5.74, 6) is -0.141. The van der Waals surface area contributed by atoms with Gasteiger partial charge in [-0.15, -0.1) is 0 Å². The first kappa shape index (κ1) is 13.2. The lowest BCUT2D eigenvalue weighted by molar-refractivity contribution is -0.142. The number of rotatable bonds is 3. The Morgan fingerprint density at radius 3 is 2.90 bits per heavy atom. The second kappa shape index (κ2) is 4.93. The van der Waals surface area contributed by atoms with Gasteiger partial charge in [-0.3, -0.25) is 4.79 Å². The van der Waals surface area contributed by atoms with Gasteiger partial charge < -0.3 is 9.52 Å². The van der Waals surface area contributed by atoms with E-state index in [0.29, 0.717) is 11.8 Å². The van der Waals surface area contributed by atoms with E-state index in [1.807, 2.05) is 25.1 Å². The Morgan fingerprint density at radius 2 is 2.25 bits per heavy atom. The first-order valence-electron chi connectivity index (χ1n) is 7.19. The molecule has 4 nitrogen and oxygen atoms in total. The number of para-hydroxylation sites is 1. The van der Waals surface area contributed by atoms with Gasteiger partial charge in [0.15, 0.2) is 11.5 Å². The standard InChI is InChI=1S/C16H19NO3/c1-3-10-7-11(12(8-10)16(18)19)15-17-14-9(2)5-4-6-13(14)20-15/h4-6,10-12H,3,7-8H2,1-2H3,(H,18,19). The summed E-state index contributed by atoms with van der Waals surface area (Å²) in [7, 11) is 0. The second-order valence-electron chi connectivity index (χ2n) is 5.77. The second-order valence-corrected chi connectivity index (χ2v) is 5.77. The molecule has 0 aliphatic heterocycles. The van der Waals surface area contributed by atoms with Crippen LogP contribution in [0.25, 0.3) is 11.1 Å². The minimum atomic E-state index is -0.732. The third kappa shape index (κ3) is 2.09. The normalized spacial score (nSPS) is 26.2. The van der Waals surface area contributed by atoms with Crippen LogP contribution in [0.15, 0.2) is 22.6 Å². The molecule has 1 fully saturated rings. The highest BCUT2D eigenvalue weighted by atomic mass is 16.4. The van der Waals surface area contributed by atoms with E-state index in [1.54, 1.807) is 0 Å². The summed E-state index contributed by atoms with van der Waals surface area (Å²) in [5.41, 5.74) is 2.67. The van der Waals surface area contributed by atoms with Gasteiger partial charge in [-0.25, -0.2) is 4.98 Å². The van der Waals surface area contributed by atoms with Crippen LogP contribution in [-0.2, 0) is 4.79 Å². The van der Waals surface area contributed by atoms with Gasteiger partial charge in [0.2, 0.25) is 0 Å². The monoisotopic (exact) mass is 273 g/mol. The van der Waals surface area contributed by atoms with Gasteiger partial charge in [-0.05, 0) is 37.3 Å². The number of carbonyl (C=O) groups is 1. The van der Waals surface area contributed by atoms with E-state index in [4.69, 9.17) is 4.42 Å². The van der Waals surface area contributed by atoms with Crippen LogP contribution in [-0.4, -0.2) is 16.1 Å². The number of aromatic nitrogens is 1. The fourth-order valence-electron chi connectivity index (χ4n) is 3.28.